The van der Waals surface area contributed by atoms with Gasteiger partial charge in [-0.2, -0.15) is 0 Å². The molecule has 0 radical (unpaired) electrons. The minimum Gasteiger partial charge on any atom is -0.457 e. The second-order valence-corrected chi connectivity index (χ2v) is 21.5. The molecule has 314 valence electrons. The van der Waals surface area contributed by atoms with Crippen LogP contribution in [0.3, 0.4) is 0 Å². The normalized spacial score (nSPS) is 19.8. The standard InChI is InChI=1S/C46H56O8S2.CH3F/c1-43(2,3)39(47)51-31-17-19-33(53-41(49)45(7,8)9)29-21-25(13-15-27(29)31)35-23-37-38(55-35)24-36(56-37)26-14-16-28-30(22-26)34(54-42(50)46(10,11)12)20-18-32(28)52-40(48)44(4,5)6;1-2/h13-16,21-24,31-34H,17-20H2,1-12H3;1H3/i;1D. The van der Waals surface area contributed by atoms with Crippen molar-refractivity contribution in [2.75, 3.05) is 7.15 Å². The summed E-state index contributed by atoms with van der Waals surface area (Å²) < 4.78 is 42.0. The number of esters is 4. The summed E-state index contributed by atoms with van der Waals surface area (Å²) in [5.74, 6) is -1.06. The van der Waals surface area contributed by atoms with Gasteiger partial charge in [0.1, 0.15) is 24.4 Å². The maximum Gasteiger partial charge on any atom is 0.311 e. The van der Waals surface area contributed by atoms with Gasteiger partial charge in [-0.1, -0.05) is 24.3 Å². The maximum absolute atomic E-state index is 13.1. The first kappa shape index (κ1) is 43.5. The number of hydrogen-bond acceptors (Lipinski definition) is 10. The summed E-state index contributed by atoms with van der Waals surface area (Å²) in [6.07, 6.45) is 0.525. The lowest BCUT2D eigenvalue weighted by atomic mass is 9.85. The van der Waals surface area contributed by atoms with E-state index in [2.05, 4.69) is 36.4 Å². The molecule has 0 bridgehead atoms. The van der Waals surface area contributed by atoms with E-state index >= 15 is 0 Å². The summed E-state index contributed by atoms with van der Waals surface area (Å²) in [5, 5.41) is 0. The second-order valence-electron chi connectivity index (χ2n) is 19.4. The first-order valence-corrected chi connectivity index (χ1v) is 21.5. The summed E-state index contributed by atoms with van der Waals surface area (Å²) >= 11 is 3.38. The number of carbonyl (C=O) groups is 4. The van der Waals surface area contributed by atoms with Crippen LogP contribution in [0, 0.1) is 21.7 Å². The molecule has 6 rings (SSSR count). The van der Waals surface area contributed by atoms with E-state index in [0.717, 1.165) is 52.5 Å². The molecule has 2 aliphatic carbocycles. The van der Waals surface area contributed by atoms with E-state index in [1.165, 1.54) is 0 Å². The van der Waals surface area contributed by atoms with Crippen LogP contribution >= 0.6 is 22.7 Å². The van der Waals surface area contributed by atoms with Crippen molar-refractivity contribution >= 4 is 56.0 Å². The van der Waals surface area contributed by atoms with Gasteiger partial charge in [-0.3, -0.25) is 23.6 Å². The van der Waals surface area contributed by atoms with Crippen LogP contribution in [-0.2, 0) is 38.1 Å². The number of ether oxygens (including phenoxy) is 4. The van der Waals surface area contributed by atoms with Gasteiger partial charge in [0.2, 0.25) is 0 Å². The van der Waals surface area contributed by atoms with Crippen LogP contribution in [0.1, 0.15) is 157 Å². The minimum absolute atomic E-state index is 0.263. The Hall–Kier alpha value is -4.09. The van der Waals surface area contributed by atoms with Crippen LogP contribution in [0.15, 0.2) is 48.5 Å². The Morgan fingerprint density at radius 2 is 0.759 bits per heavy atom. The molecule has 2 aliphatic rings. The van der Waals surface area contributed by atoms with Crippen molar-refractivity contribution in [2.45, 2.75) is 133 Å². The van der Waals surface area contributed by atoms with Gasteiger partial charge in [0.25, 0.3) is 0 Å². The molecule has 4 atom stereocenters. The maximum atomic E-state index is 13.1. The molecule has 4 unspecified atom stereocenters. The van der Waals surface area contributed by atoms with E-state index in [4.69, 9.17) is 20.3 Å². The predicted molar refractivity (Wildman–Crippen MR) is 229 cm³/mol. The average Bonchev–Trinajstić information content (AvgIpc) is 3.72. The van der Waals surface area contributed by atoms with E-state index in [1.807, 2.05) is 95.2 Å². The van der Waals surface area contributed by atoms with E-state index in [0.29, 0.717) is 25.7 Å². The van der Waals surface area contributed by atoms with Gasteiger partial charge in [0, 0.05) is 19.2 Å². The van der Waals surface area contributed by atoms with Crippen molar-refractivity contribution in [1.29, 1.82) is 0 Å². The minimum atomic E-state index is -1.00. The van der Waals surface area contributed by atoms with Gasteiger partial charge < -0.3 is 18.9 Å². The van der Waals surface area contributed by atoms with E-state index in [1.54, 1.807) is 22.7 Å². The number of hydrogen-bond donors (Lipinski definition) is 0. The van der Waals surface area contributed by atoms with Gasteiger partial charge in [0.05, 0.1) is 30.2 Å². The van der Waals surface area contributed by atoms with Crippen molar-refractivity contribution in [3.8, 4) is 20.9 Å². The number of carbonyl (C=O) groups excluding carboxylic acids is 4. The summed E-state index contributed by atoms with van der Waals surface area (Å²) in [6, 6.07) is 16.7. The molecule has 2 aromatic carbocycles. The zero-order valence-corrected chi connectivity index (χ0v) is 37.6. The lowest BCUT2D eigenvalue weighted by molar-refractivity contribution is -0.165. The Kier molecular flexibility index (Phi) is 12.7. The molecule has 11 heteroatoms. The highest BCUT2D eigenvalue weighted by Crippen LogP contribution is 2.48. The van der Waals surface area contributed by atoms with Crippen LogP contribution < -0.4 is 0 Å². The number of alkyl halides is 1. The molecule has 0 saturated carbocycles. The molecule has 0 fully saturated rings. The van der Waals surface area contributed by atoms with Gasteiger partial charge in [-0.25, -0.2) is 0 Å². The zero-order chi connectivity index (χ0) is 43.8. The number of rotatable bonds is 6. The van der Waals surface area contributed by atoms with Crippen molar-refractivity contribution < 1.29 is 43.9 Å². The molecule has 2 aromatic heterocycles. The molecule has 0 N–H and O–H groups in total. The van der Waals surface area contributed by atoms with Crippen molar-refractivity contribution in [3.63, 3.8) is 0 Å². The number of halogens is 1. The van der Waals surface area contributed by atoms with Gasteiger partial charge in [0.15, 0.2) is 0 Å². The fraction of sp³-hybridized carbons (Fsp3) is 0.532. The Labute approximate surface area is 352 Å². The molecule has 8 nitrogen and oxygen atoms in total. The largest absolute Gasteiger partial charge is 0.457 e. The summed E-state index contributed by atoms with van der Waals surface area (Å²) in [6.45, 7) is 22.2. The van der Waals surface area contributed by atoms with E-state index < -0.39 is 53.2 Å². The van der Waals surface area contributed by atoms with Crippen LogP contribution in [0.25, 0.3) is 30.3 Å². The highest BCUT2D eigenvalue weighted by molar-refractivity contribution is 7.31. The molecular formula is C47H59FO8S2. The Morgan fingerprint density at radius 1 is 0.500 bits per heavy atom. The topological polar surface area (TPSA) is 105 Å². The SMILES string of the molecule is CC(C)(C)C(=O)OC1CCC(OC(=O)C(C)(C)C)c2cc(-c3cc4sc(-c5ccc6c(c5)C(OC(=O)C(C)(C)C)CCC6OC(=O)C(C)(C)C)cc4s3)ccc21.[2H]CF. The zero-order valence-electron chi connectivity index (χ0n) is 36.9. The predicted octanol–water partition coefficient (Wildman–Crippen LogP) is 13.0. The number of thiophene rings is 2. The highest BCUT2D eigenvalue weighted by Gasteiger charge is 2.38. The summed E-state index contributed by atoms with van der Waals surface area (Å²) in [7, 11) is -1.00. The Balaban J connectivity index is 0.00000214. The fourth-order valence-electron chi connectivity index (χ4n) is 6.66. The van der Waals surface area contributed by atoms with E-state index in [9.17, 15) is 23.6 Å². The van der Waals surface area contributed by atoms with Crippen molar-refractivity contribution in [1.82, 2.24) is 0 Å². The third-order valence-corrected chi connectivity index (χ3v) is 12.6. The molecule has 0 spiro atoms. The monoisotopic (exact) mass is 835 g/mol. The Bertz CT molecular complexity index is 2010. The molecule has 58 heavy (non-hydrogen) atoms. The first-order valence-electron chi connectivity index (χ1n) is 20.5. The lowest BCUT2D eigenvalue weighted by Gasteiger charge is -2.34. The summed E-state index contributed by atoms with van der Waals surface area (Å²) in [5.41, 5.74) is 2.92. The molecule has 0 saturated heterocycles. The molecule has 0 amide bonds. The van der Waals surface area contributed by atoms with E-state index in [-0.39, 0.29) is 23.9 Å². The molecule has 2 heterocycles. The third kappa shape index (κ3) is 10.0. The number of fused-ring (bicyclic) bond motifs is 3. The van der Waals surface area contributed by atoms with Gasteiger partial charge >= 0.3 is 23.9 Å². The van der Waals surface area contributed by atoms with Crippen molar-refractivity contribution in [3.05, 3.63) is 70.8 Å². The van der Waals surface area contributed by atoms with Crippen LogP contribution in [0.5, 0.6) is 0 Å². The smallest absolute Gasteiger partial charge is 0.311 e. The van der Waals surface area contributed by atoms with Crippen LogP contribution in [-0.4, -0.2) is 31.0 Å². The Morgan fingerprint density at radius 3 is 1.02 bits per heavy atom. The van der Waals surface area contributed by atoms with Crippen LogP contribution in [0.2, 0.25) is 0 Å². The van der Waals surface area contributed by atoms with Gasteiger partial charge in [-0.05, 0) is 166 Å². The first-order chi connectivity index (χ1) is 27.3. The van der Waals surface area contributed by atoms with Crippen molar-refractivity contribution in [2.24, 2.45) is 21.7 Å². The molecule has 0 aliphatic heterocycles. The fourth-order valence-corrected chi connectivity index (χ4v) is 9.05. The molecule has 4 aromatic rings. The molecular weight excluding hydrogens is 776 g/mol. The van der Waals surface area contributed by atoms with Gasteiger partial charge in [-0.15, -0.1) is 22.7 Å². The van der Waals surface area contributed by atoms with Crippen LogP contribution in [0.4, 0.5) is 4.39 Å². The summed E-state index contributed by atoms with van der Waals surface area (Å²) in [4.78, 5) is 54.1. The third-order valence-electron chi connectivity index (χ3n) is 10.2. The average molecular weight is 836 g/mol. The lowest BCUT2D eigenvalue weighted by Crippen LogP contribution is -2.30. The quantitative estimate of drug-likeness (QED) is 0.140. The highest BCUT2D eigenvalue weighted by atomic mass is 32.1. The number of benzene rings is 2. The second kappa shape index (κ2) is 16.9.